The minimum absolute atomic E-state index is 0.356. The van der Waals surface area contributed by atoms with Gasteiger partial charge in [-0.05, 0) is 24.9 Å². The van der Waals surface area contributed by atoms with Crippen LogP contribution < -0.4 is 0 Å². The normalized spacial score (nSPS) is 12.6. The average molecular weight is 285 g/mol. The van der Waals surface area contributed by atoms with Crippen LogP contribution in [0.2, 0.25) is 29.5 Å². The molecule has 98 valence electrons. The Morgan fingerprint density at radius 3 is 2.35 bits per heavy atom. The van der Waals surface area contributed by atoms with Gasteiger partial charge in [0.05, 0.1) is 17.6 Å². The molecule has 1 nitrogen and oxygen atoms in total. The Labute approximate surface area is 114 Å². The topological polar surface area (TPSA) is 20.2 Å². The van der Waals surface area contributed by atoms with E-state index in [-0.39, 0.29) is 0 Å². The maximum atomic E-state index is 8.99. The lowest BCUT2D eigenvalue weighted by Gasteiger charge is -2.40. The van der Waals surface area contributed by atoms with Crippen LogP contribution in [-0.2, 0) is 0 Å². The van der Waals surface area contributed by atoms with Crippen molar-refractivity contribution in [1.82, 2.24) is 0 Å². The number of aliphatic hydroxyl groups is 1. The standard InChI is InChI=1S/C13H28OSi3/c1-12(2)10-15-11-16-13(3,4)17(5,6)9-7-8-14/h10,14H,7-9,11H2,1-6H3. The second-order valence-electron chi connectivity index (χ2n) is 6.12. The maximum Gasteiger partial charge on any atom is 0.0668 e. The molecule has 0 saturated heterocycles. The van der Waals surface area contributed by atoms with Crippen LogP contribution in [0.4, 0.5) is 0 Å². The summed E-state index contributed by atoms with van der Waals surface area (Å²) in [6.07, 6.45) is 0.989. The SMILES string of the molecule is CC(C)=C[Si]C[Si]C(C)(C)[Si](C)(C)CCCO. The quantitative estimate of drug-likeness (QED) is 0.534. The Balaban J connectivity index is 4.20. The van der Waals surface area contributed by atoms with Crippen molar-refractivity contribution in [2.45, 2.75) is 63.6 Å². The molecule has 0 saturated carbocycles. The van der Waals surface area contributed by atoms with Crippen molar-refractivity contribution >= 4 is 27.1 Å². The minimum Gasteiger partial charge on any atom is -0.396 e. The van der Waals surface area contributed by atoms with Crippen LogP contribution >= 0.6 is 0 Å². The highest BCUT2D eigenvalue weighted by Crippen LogP contribution is 2.39. The van der Waals surface area contributed by atoms with Gasteiger partial charge in [0, 0.05) is 16.1 Å². The molecule has 0 aliphatic heterocycles. The lowest BCUT2D eigenvalue weighted by Crippen LogP contribution is -2.42. The maximum absolute atomic E-state index is 8.99. The van der Waals surface area contributed by atoms with Gasteiger partial charge in [-0.1, -0.05) is 44.2 Å². The van der Waals surface area contributed by atoms with Gasteiger partial charge in [0.2, 0.25) is 0 Å². The van der Waals surface area contributed by atoms with E-state index in [2.05, 4.69) is 46.5 Å². The van der Waals surface area contributed by atoms with Gasteiger partial charge in [0.1, 0.15) is 0 Å². The molecular formula is C13H28OSi3. The molecule has 0 aromatic carbocycles. The third-order valence-corrected chi connectivity index (χ3v) is 14.4. The Morgan fingerprint density at radius 2 is 1.88 bits per heavy atom. The molecular weight excluding hydrogens is 256 g/mol. The van der Waals surface area contributed by atoms with Crippen molar-refractivity contribution in [2.75, 3.05) is 6.61 Å². The monoisotopic (exact) mass is 284 g/mol. The summed E-state index contributed by atoms with van der Waals surface area (Å²) in [6.45, 7) is 14.6. The number of allylic oxidation sites excluding steroid dienone is 1. The first-order valence-electron chi connectivity index (χ1n) is 6.45. The summed E-state index contributed by atoms with van der Waals surface area (Å²) < 4.78 is 0.519. The van der Waals surface area contributed by atoms with Gasteiger partial charge >= 0.3 is 0 Å². The summed E-state index contributed by atoms with van der Waals surface area (Å²) in [5, 5.41) is 8.99. The Bertz CT molecular complexity index is 243. The van der Waals surface area contributed by atoms with Crippen LogP contribution in [0.3, 0.4) is 0 Å². The van der Waals surface area contributed by atoms with Gasteiger partial charge in [0.15, 0.2) is 0 Å². The smallest absolute Gasteiger partial charge is 0.0668 e. The molecule has 0 bridgehead atoms. The van der Waals surface area contributed by atoms with Gasteiger partial charge in [-0.2, -0.15) is 0 Å². The van der Waals surface area contributed by atoms with Crippen molar-refractivity contribution < 1.29 is 5.11 Å². The van der Waals surface area contributed by atoms with Crippen LogP contribution in [0.1, 0.15) is 34.1 Å². The molecule has 0 heterocycles. The molecule has 17 heavy (non-hydrogen) atoms. The summed E-state index contributed by atoms with van der Waals surface area (Å²) >= 11 is 0. The highest BCUT2D eigenvalue weighted by molar-refractivity contribution is 6.89. The van der Waals surface area contributed by atoms with E-state index in [1.165, 1.54) is 17.3 Å². The number of hydrogen-bond donors (Lipinski definition) is 1. The van der Waals surface area contributed by atoms with E-state index in [9.17, 15) is 0 Å². The largest absolute Gasteiger partial charge is 0.396 e. The van der Waals surface area contributed by atoms with Crippen LogP contribution in [0, 0.1) is 0 Å². The van der Waals surface area contributed by atoms with Gasteiger partial charge in [-0.15, -0.1) is 5.70 Å². The molecule has 1 N–H and O–H groups in total. The summed E-state index contributed by atoms with van der Waals surface area (Å²) in [5.41, 5.74) is 5.18. The van der Waals surface area contributed by atoms with Crippen molar-refractivity contribution in [1.29, 1.82) is 0 Å². The van der Waals surface area contributed by atoms with Gasteiger partial charge in [0.25, 0.3) is 0 Å². The minimum atomic E-state index is -1.19. The zero-order valence-electron chi connectivity index (χ0n) is 12.4. The van der Waals surface area contributed by atoms with E-state index < -0.39 is 8.07 Å². The van der Waals surface area contributed by atoms with Crippen LogP contribution in [0.15, 0.2) is 11.3 Å². The lowest BCUT2D eigenvalue weighted by molar-refractivity contribution is 0.294. The fourth-order valence-corrected chi connectivity index (χ4v) is 9.34. The van der Waals surface area contributed by atoms with E-state index in [1.54, 1.807) is 0 Å². The van der Waals surface area contributed by atoms with Gasteiger partial charge < -0.3 is 5.11 Å². The molecule has 0 atom stereocenters. The van der Waals surface area contributed by atoms with Crippen LogP contribution in [0.5, 0.6) is 0 Å². The predicted octanol–water partition coefficient (Wildman–Crippen LogP) is 3.52. The van der Waals surface area contributed by atoms with E-state index >= 15 is 0 Å². The fraction of sp³-hybridized carbons (Fsp3) is 0.846. The van der Waals surface area contributed by atoms with Gasteiger partial charge in [-0.3, -0.25) is 0 Å². The van der Waals surface area contributed by atoms with E-state index in [1.807, 2.05) is 0 Å². The molecule has 0 aliphatic carbocycles. The highest BCUT2D eigenvalue weighted by atomic mass is 28.4. The molecule has 0 aromatic rings. The van der Waals surface area contributed by atoms with E-state index in [0.29, 0.717) is 11.3 Å². The lowest BCUT2D eigenvalue weighted by atomic mass is 10.4. The molecule has 0 rings (SSSR count). The summed E-state index contributed by atoms with van der Waals surface area (Å²) in [5.74, 6) is 0. The zero-order valence-corrected chi connectivity index (χ0v) is 15.4. The second kappa shape index (κ2) is 7.71. The van der Waals surface area contributed by atoms with Crippen LogP contribution in [-0.4, -0.2) is 38.8 Å². The number of rotatable bonds is 8. The molecule has 0 unspecified atom stereocenters. The van der Waals surface area contributed by atoms with E-state index in [0.717, 1.165) is 25.5 Å². The van der Waals surface area contributed by atoms with Gasteiger partial charge in [-0.25, -0.2) is 0 Å². The molecule has 0 spiro atoms. The summed E-state index contributed by atoms with van der Waals surface area (Å²) in [7, 11) is 0.867. The van der Waals surface area contributed by atoms with Crippen molar-refractivity contribution in [3.63, 3.8) is 0 Å². The third kappa shape index (κ3) is 6.74. The summed E-state index contributed by atoms with van der Waals surface area (Å²) in [4.78, 5) is 0. The number of hydrogen-bond acceptors (Lipinski definition) is 1. The summed E-state index contributed by atoms with van der Waals surface area (Å²) in [6, 6.07) is 1.26. The predicted molar refractivity (Wildman–Crippen MR) is 83.8 cm³/mol. The second-order valence-corrected chi connectivity index (χ2v) is 15.8. The Morgan fingerprint density at radius 1 is 1.29 bits per heavy atom. The number of aliphatic hydroxyl groups excluding tert-OH is 1. The van der Waals surface area contributed by atoms with Crippen molar-refractivity contribution in [3.8, 4) is 0 Å². The van der Waals surface area contributed by atoms with Crippen LogP contribution in [0.25, 0.3) is 0 Å². The Hall–Kier alpha value is 0.351. The molecule has 0 fully saturated rings. The fourth-order valence-electron chi connectivity index (χ4n) is 1.60. The third-order valence-electron chi connectivity index (χ3n) is 3.67. The average Bonchev–Trinajstić information content (AvgIpc) is 2.21. The zero-order chi connectivity index (χ0) is 13.5. The molecule has 4 radical (unpaired) electrons. The Kier molecular flexibility index (Phi) is 7.87. The molecule has 4 heteroatoms. The molecule has 0 aromatic heterocycles. The highest BCUT2D eigenvalue weighted by Gasteiger charge is 2.37. The first-order valence-corrected chi connectivity index (χ1v) is 12.2. The molecule has 0 aliphatic rings. The van der Waals surface area contributed by atoms with Crippen molar-refractivity contribution in [2.24, 2.45) is 0 Å². The van der Waals surface area contributed by atoms with Crippen molar-refractivity contribution in [3.05, 3.63) is 11.3 Å². The first kappa shape index (κ1) is 17.4. The molecule has 0 amide bonds. The first-order chi connectivity index (χ1) is 7.73. The van der Waals surface area contributed by atoms with E-state index in [4.69, 9.17) is 5.11 Å².